The highest BCUT2D eigenvalue weighted by molar-refractivity contribution is 7.89. The number of sulfonamides is 1. The number of hydrogen-bond donors (Lipinski definition) is 2. The molecule has 1 amide bonds. The summed E-state index contributed by atoms with van der Waals surface area (Å²) >= 11 is 6.73. The molecule has 7 nitrogen and oxygen atoms in total. The van der Waals surface area contributed by atoms with Crippen LogP contribution in [0, 0.1) is 0 Å². The molecule has 0 bridgehead atoms. The average molecular weight is 319 g/mol. The lowest BCUT2D eigenvalue weighted by Gasteiger charge is -2.06. The van der Waals surface area contributed by atoms with Gasteiger partial charge in [-0.25, -0.2) is 13.6 Å². The summed E-state index contributed by atoms with van der Waals surface area (Å²) in [4.78, 5) is 11.8. The summed E-state index contributed by atoms with van der Waals surface area (Å²) in [7, 11) is -3.88. The number of nitrogens with two attached hydrogens (primary N) is 1. The first-order valence-corrected chi connectivity index (χ1v) is 7.49. The topological polar surface area (TPSA) is 115 Å². The van der Waals surface area contributed by atoms with Crippen molar-refractivity contribution in [1.29, 1.82) is 0 Å². The molecule has 0 aliphatic rings. The Labute approximate surface area is 117 Å². The number of rotatable bonds is 3. The normalized spacial score (nSPS) is 11.3. The van der Waals surface area contributed by atoms with Crippen LogP contribution in [-0.2, 0) is 10.0 Å². The second kappa shape index (κ2) is 5.21. The Balaban J connectivity index is 2.24. The number of benzene rings is 1. The third-order valence-corrected chi connectivity index (χ3v) is 4.14. The van der Waals surface area contributed by atoms with Crippen molar-refractivity contribution < 1.29 is 13.2 Å². The highest BCUT2D eigenvalue weighted by atomic mass is 35.5. The van der Waals surface area contributed by atoms with E-state index < -0.39 is 15.9 Å². The molecule has 2 aromatic rings. The van der Waals surface area contributed by atoms with Gasteiger partial charge >= 0.3 is 0 Å². The van der Waals surface area contributed by atoms with Crippen LogP contribution in [0.15, 0.2) is 29.3 Å². The van der Waals surface area contributed by atoms with E-state index in [0.29, 0.717) is 10.6 Å². The minimum atomic E-state index is -3.88. The number of anilines is 1. The molecule has 10 heteroatoms. The van der Waals surface area contributed by atoms with E-state index in [1.54, 1.807) is 0 Å². The Morgan fingerprint density at radius 2 is 2.16 bits per heavy atom. The van der Waals surface area contributed by atoms with E-state index in [2.05, 4.69) is 14.9 Å². The van der Waals surface area contributed by atoms with Crippen molar-refractivity contribution in [2.24, 2.45) is 5.14 Å². The van der Waals surface area contributed by atoms with Crippen LogP contribution in [0.25, 0.3) is 0 Å². The average Bonchev–Trinajstić information content (AvgIpc) is 2.80. The SMILES string of the molecule is NS(=O)(=O)c1ccc(NC(=O)c2cnns2)cc1Cl. The summed E-state index contributed by atoms with van der Waals surface area (Å²) in [6, 6.07) is 3.91. The fourth-order valence-electron chi connectivity index (χ4n) is 1.27. The van der Waals surface area contributed by atoms with Crippen molar-refractivity contribution in [2.75, 3.05) is 5.32 Å². The minimum Gasteiger partial charge on any atom is -0.321 e. The van der Waals surface area contributed by atoms with E-state index in [0.717, 1.165) is 11.5 Å². The predicted molar refractivity (Wildman–Crippen MR) is 70.7 cm³/mol. The smallest absolute Gasteiger partial charge is 0.269 e. The Morgan fingerprint density at radius 3 is 2.68 bits per heavy atom. The van der Waals surface area contributed by atoms with E-state index in [-0.39, 0.29) is 9.92 Å². The lowest BCUT2D eigenvalue weighted by Crippen LogP contribution is -2.14. The van der Waals surface area contributed by atoms with Crippen LogP contribution in [0.3, 0.4) is 0 Å². The maximum absolute atomic E-state index is 11.7. The first kappa shape index (κ1) is 13.9. The van der Waals surface area contributed by atoms with Crippen molar-refractivity contribution in [3.8, 4) is 0 Å². The summed E-state index contributed by atoms with van der Waals surface area (Å²) in [5, 5.41) is 11.0. The van der Waals surface area contributed by atoms with E-state index in [4.69, 9.17) is 16.7 Å². The number of hydrogen-bond acceptors (Lipinski definition) is 6. The molecule has 0 fully saturated rings. The van der Waals surface area contributed by atoms with Gasteiger partial charge in [0.2, 0.25) is 10.0 Å². The summed E-state index contributed by atoms with van der Waals surface area (Å²) in [6.45, 7) is 0. The molecule has 19 heavy (non-hydrogen) atoms. The maximum atomic E-state index is 11.7. The number of primary sulfonamides is 1. The Hall–Kier alpha value is -1.55. The van der Waals surface area contributed by atoms with Crippen LogP contribution < -0.4 is 10.5 Å². The first-order valence-electron chi connectivity index (χ1n) is 4.79. The van der Waals surface area contributed by atoms with Crippen LogP contribution in [-0.4, -0.2) is 23.9 Å². The van der Waals surface area contributed by atoms with E-state index in [1.807, 2.05) is 0 Å². The molecule has 0 spiro atoms. The largest absolute Gasteiger partial charge is 0.321 e. The van der Waals surface area contributed by atoms with Gasteiger partial charge in [0.1, 0.15) is 9.77 Å². The van der Waals surface area contributed by atoms with Gasteiger partial charge in [-0.2, -0.15) is 0 Å². The van der Waals surface area contributed by atoms with Crippen LogP contribution in [0.1, 0.15) is 9.67 Å². The summed E-state index contributed by atoms with van der Waals surface area (Å²) in [5.74, 6) is -0.408. The van der Waals surface area contributed by atoms with E-state index in [1.165, 1.54) is 24.4 Å². The Morgan fingerprint density at radius 1 is 1.42 bits per heavy atom. The number of carbonyl (C=O) groups is 1. The number of halogens is 1. The molecule has 1 heterocycles. The number of nitrogens with one attached hydrogen (secondary N) is 1. The molecule has 0 saturated carbocycles. The van der Waals surface area contributed by atoms with Gasteiger partial charge in [0.15, 0.2) is 0 Å². The number of carbonyl (C=O) groups excluding carboxylic acids is 1. The lowest BCUT2D eigenvalue weighted by molar-refractivity contribution is 0.103. The van der Waals surface area contributed by atoms with Crippen LogP contribution >= 0.6 is 23.1 Å². The predicted octanol–water partition coefficient (Wildman–Crippen LogP) is 1.09. The molecule has 2 rings (SSSR count). The van der Waals surface area contributed by atoms with Crippen molar-refractivity contribution >= 4 is 44.8 Å². The van der Waals surface area contributed by atoms with E-state index >= 15 is 0 Å². The zero-order valence-electron chi connectivity index (χ0n) is 9.20. The third-order valence-electron chi connectivity index (χ3n) is 2.08. The van der Waals surface area contributed by atoms with Gasteiger partial charge in [-0.05, 0) is 29.7 Å². The fraction of sp³-hybridized carbons (Fsp3) is 0. The summed E-state index contributed by atoms with van der Waals surface area (Å²) in [6.07, 6.45) is 1.32. The highest BCUT2D eigenvalue weighted by Crippen LogP contribution is 2.24. The third kappa shape index (κ3) is 3.26. The number of nitrogens with zero attached hydrogens (tertiary/aromatic N) is 2. The zero-order valence-corrected chi connectivity index (χ0v) is 11.6. The molecule has 0 aliphatic heterocycles. The highest BCUT2D eigenvalue weighted by Gasteiger charge is 2.14. The standard InChI is InChI=1S/C9H7ClN4O3S2/c10-6-3-5(1-2-8(6)19(11,16)17)13-9(15)7-4-12-14-18-7/h1-4H,(H,13,15)(H2,11,16,17). The van der Waals surface area contributed by atoms with Gasteiger partial charge < -0.3 is 5.32 Å². The molecule has 1 aromatic heterocycles. The molecule has 0 unspecified atom stereocenters. The fourth-order valence-corrected chi connectivity index (χ4v) is 2.77. The number of amides is 1. The van der Waals surface area contributed by atoms with Gasteiger partial charge in [0.25, 0.3) is 5.91 Å². The van der Waals surface area contributed by atoms with Crippen LogP contribution in [0.4, 0.5) is 5.69 Å². The monoisotopic (exact) mass is 318 g/mol. The Kier molecular flexibility index (Phi) is 3.80. The zero-order chi connectivity index (χ0) is 14.0. The van der Waals surface area contributed by atoms with Gasteiger partial charge in [0.05, 0.1) is 11.2 Å². The molecule has 0 aliphatic carbocycles. The second-order valence-corrected chi connectivity index (χ2v) is 6.15. The van der Waals surface area contributed by atoms with Gasteiger partial charge in [-0.1, -0.05) is 16.1 Å². The summed E-state index contributed by atoms with van der Waals surface area (Å²) < 4.78 is 25.9. The number of aromatic nitrogens is 2. The molecule has 1 aromatic carbocycles. The van der Waals surface area contributed by atoms with Gasteiger partial charge in [-0.15, -0.1) is 5.10 Å². The molecule has 0 atom stereocenters. The summed E-state index contributed by atoms with van der Waals surface area (Å²) in [5.41, 5.74) is 0.343. The quantitative estimate of drug-likeness (QED) is 0.879. The Bertz CT molecular complexity index is 715. The molecule has 100 valence electrons. The molecule has 3 N–H and O–H groups in total. The van der Waals surface area contributed by atoms with Crippen molar-refractivity contribution in [3.63, 3.8) is 0 Å². The maximum Gasteiger partial charge on any atom is 0.269 e. The van der Waals surface area contributed by atoms with E-state index in [9.17, 15) is 13.2 Å². The van der Waals surface area contributed by atoms with Gasteiger partial charge in [-0.3, -0.25) is 4.79 Å². The second-order valence-electron chi connectivity index (χ2n) is 3.43. The molecular formula is C9H7ClN4O3S2. The molecule has 0 radical (unpaired) electrons. The van der Waals surface area contributed by atoms with Gasteiger partial charge in [0, 0.05) is 5.69 Å². The van der Waals surface area contributed by atoms with Crippen LogP contribution in [0.2, 0.25) is 5.02 Å². The molecule has 0 saturated heterocycles. The minimum absolute atomic E-state index is 0.0669. The van der Waals surface area contributed by atoms with Crippen molar-refractivity contribution in [3.05, 3.63) is 34.3 Å². The van der Waals surface area contributed by atoms with Crippen molar-refractivity contribution in [1.82, 2.24) is 9.59 Å². The first-order chi connectivity index (χ1) is 8.88. The molecular weight excluding hydrogens is 312 g/mol. The lowest BCUT2D eigenvalue weighted by atomic mass is 10.3. The van der Waals surface area contributed by atoms with Crippen molar-refractivity contribution in [2.45, 2.75) is 4.90 Å². The van der Waals surface area contributed by atoms with Crippen LogP contribution in [0.5, 0.6) is 0 Å².